The van der Waals surface area contributed by atoms with Gasteiger partial charge in [0.05, 0.1) is 17.8 Å². The summed E-state index contributed by atoms with van der Waals surface area (Å²) < 4.78 is 12.1. The second kappa shape index (κ2) is 7.59. The van der Waals surface area contributed by atoms with Crippen LogP contribution < -0.4 is 10.4 Å². The Kier molecular flexibility index (Phi) is 5.68. The highest BCUT2D eigenvalue weighted by atomic mass is 16.7. The zero-order valence-corrected chi connectivity index (χ0v) is 17.1. The number of aliphatic hydroxyl groups excluding tert-OH is 2. The molecule has 1 aromatic heterocycles. The number of piperazine rings is 1. The average Bonchev–Trinajstić information content (AvgIpc) is 2.88. The molecule has 3 rings (SSSR count). The van der Waals surface area contributed by atoms with Crippen LogP contribution in [0, 0.1) is 0 Å². The first-order valence-corrected chi connectivity index (χ1v) is 9.57. The number of carbonyl (C=O) groups is 1. The smallest absolute Gasteiger partial charge is 0.399 e. The molecule has 0 spiro atoms. The van der Waals surface area contributed by atoms with Gasteiger partial charge >= 0.3 is 7.12 Å². The van der Waals surface area contributed by atoms with Crippen molar-refractivity contribution in [1.29, 1.82) is 0 Å². The van der Waals surface area contributed by atoms with Crippen molar-refractivity contribution in [2.24, 2.45) is 0 Å². The zero-order chi connectivity index (χ0) is 20.7. The van der Waals surface area contributed by atoms with E-state index in [0.29, 0.717) is 25.6 Å². The quantitative estimate of drug-likeness (QED) is 0.640. The van der Waals surface area contributed by atoms with Gasteiger partial charge in [0.1, 0.15) is 0 Å². The molecular formula is C18H29BN4O5. The molecule has 3 heterocycles. The highest BCUT2D eigenvalue weighted by Crippen LogP contribution is 2.36. The van der Waals surface area contributed by atoms with Crippen LogP contribution in [0.15, 0.2) is 12.4 Å². The molecule has 0 radical (unpaired) electrons. The maximum absolute atomic E-state index is 12.1. The topological polar surface area (TPSA) is 108 Å². The lowest BCUT2D eigenvalue weighted by molar-refractivity contribution is -0.142. The second-order valence-corrected chi connectivity index (χ2v) is 8.43. The summed E-state index contributed by atoms with van der Waals surface area (Å²) in [4.78, 5) is 24.6. The Morgan fingerprint density at radius 3 is 2.32 bits per heavy atom. The van der Waals surface area contributed by atoms with Gasteiger partial charge in [-0.05, 0) is 34.6 Å². The van der Waals surface area contributed by atoms with Gasteiger partial charge < -0.3 is 29.3 Å². The van der Waals surface area contributed by atoms with Gasteiger partial charge in [0.2, 0.25) is 5.95 Å². The Bertz CT molecular complexity index is 698. The Morgan fingerprint density at radius 2 is 1.82 bits per heavy atom. The van der Waals surface area contributed by atoms with Crippen LogP contribution >= 0.6 is 0 Å². The summed E-state index contributed by atoms with van der Waals surface area (Å²) in [5, 5.41) is 18.5. The summed E-state index contributed by atoms with van der Waals surface area (Å²) in [5.74, 6) is 0.119. The molecule has 1 amide bonds. The van der Waals surface area contributed by atoms with Crippen LogP contribution in [0.4, 0.5) is 5.95 Å². The monoisotopic (exact) mass is 392 g/mol. The number of nitrogens with zero attached hydrogens (tertiary/aromatic N) is 4. The predicted octanol–water partition coefficient (Wildman–Crippen LogP) is -0.834. The van der Waals surface area contributed by atoms with Crippen LogP contribution in [0.5, 0.6) is 0 Å². The number of aliphatic hydroxyl groups is 2. The average molecular weight is 392 g/mol. The van der Waals surface area contributed by atoms with E-state index < -0.39 is 36.9 Å². The van der Waals surface area contributed by atoms with E-state index in [1.54, 1.807) is 17.3 Å². The van der Waals surface area contributed by atoms with Crippen molar-refractivity contribution in [3.8, 4) is 0 Å². The van der Waals surface area contributed by atoms with Crippen LogP contribution in [-0.2, 0) is 14.1 Å². The van der Waals surface area contributed by atoms with E-state index in [2.05, 4.69) is 9.97 Å². The molecule has 0 aliphatic carbocycles. The van der Waals surface area contributed by atoms with E-state index in [-0.39, 0.29) is 6.04 Å². The Hall–Kier alpha value is -1.75. The van der Waals surface area contributed by atoms with E-state index in [0.717, 1.165) is 5.46 Å². The number of amides is 1. The molecule has 0 aromatic carbocycles. The van der Waals surface area contributed by atoms with Gasteiger partial charge in [-0.3, -0.25) is 4.79 Å². The Morgan fingerprint density at radius 1 is 1.25 bits per heavy atom. The van der Waals surface area contributed by atoms with Crippen molar-refractivity contribution < 1.29 is 24.3 Å². The third-order valence-electron chi connectivity index (χ3n) is 5.84. The van der Waals surface area contributed by atoms with Crippen molar-refractivity contribution in [2.75, 3.05) is 31.1 Å². The lowest BCUT2D eigenvalue weighted by atomic mass is 9.81. The highest BCUT2D eigenvalue weighted by molar-refractivity contribution is 6.61. The lowest BCUT2D eigenvalue weighted by Gasteiger charge is -2.40. The summed E-state index contributed by atoms with van der Waals surface area (Å²) in [5.41, 5.74) is -0.0883. The molecule has 2 aliphatic rings. The number of hydrogen-bond acceptors (Lipinski definition) is 8. The first-order chi connectivity index (χ1) is 13.1. The number of rotatable bonds is 4. The van der Waals surface area contributed by atoms with Crippen molar-refractivity contribution in [1.82, 2.24) is 14.9 Å². The fourth-order valence-corrected chi connectivity index (χ4v) is 3.32. The van der Waals surface area contributed by atoms with Gasteiger partial charge in [0.15, 0.2) is 6.10 Å². The molecule has 1 aromatic rings. The van der Waals surface area contributed by atoms with E-state index in [4.69, 9.17) is 14.4 Å². The minimum absolute atomic E-state index is 0.0220. The maximum atomic E-state index is 12.1. The van der Waals surface area contributed by atoms with Gasteiger partial charge in [-0.2, -0.15) is 0 Å². The highest BCUT2D eigenvalue weighted by Gasteiger charge is 2.52. The van der Waals surface area contributed by atoms with Gasteiger partial charge in [0, 0.05) is 43.5 Å². The number of carbonyl (C=O) groups excluding carboxylic acids is 1. The summed E-state index contributed by atoms with van der Waals surface area (Å²) >= 11 is 0. The van der Waals surface area contributed by atoms with Crippen molar-refractivity contribution in [2.45, 2.75) is 58.0 Å². The van der Waals surface area contributed by atoms with Crippen molar-refractivity contribution in [3.05, 3.63) is 12.4 Å². The van der Waals surface area contributed by atoms with Gasteiger partial charge in [-0.15, -0.1) is 0 Å². The minimum atomic E-state index is -1.37. The molecule has 0 saturated carbocycles. The van der Waals surface area contributed by atoms with Crippen LogP contribution in [0.25, 0.3) is 0 Å². The summed E-state index contributed by atoms with van der Waals surface area (Å²) in [7, 11) is -0.508. The van der Waals surface area contributed by atoms with Crippen LogP contribution in [0.3, 0.4) is 0 Å². The molecule has 0 bridgehead atoms. The van der Waals surface area contributed by atoms with E-state index in [1.807, 2.05) is 39.5 Å². The summed E-state index contributed by atoms with van der Waals surface area (Å²) in [6.07, 6.45) is 2.06. The molecule has 28 heavy (non-hydrogen) atoms. The second-order valence-electron chi connectivity index (χ2n) is 8.43. The molecule has 2 aliphatic heterocycles. The largest absolute Gasteiger partial charge is 0.498 e. The number of hydrogen-bond donors (Lipinski definition) is 2. The van der Waals surface area contributed by atoms with Crippen LogP contribution in [-0.4, -0.2) is 87.7 Å². The predicted molar refractivity (Wildman–Crippen MR) is 104 cm³/mol. The number of anilines is 1. The van der Waals surface area contributed by atoms with E-state index in [1.165, 1.54) is 0 Å². The summed E-state index contributed by atoms with van der Waals surface area (Å²) in [6.45, 7) is 10.8. The molecule has 154 valence electrons. The molecular weight excluding hydrogens is 363 g/mol. The normalized spacial score (nSPS) is 25.1. The molecule has 2 atom stereocenters. The zero-order valence-electron chi connectivity index (χ0n) is 17.1. The van der Waals surface area contributed by atoms with E-state index in [9.17, 15) is 9.90 Å². The molecule has 2 N–H and O–H groups in total. The van der Waals surface area contributed by atoms with Crippen LogP contribution in [0.1, 0.15) is 34.6 Å². The Balaban J connectivity index is 1.66. The lowest BCUT2D eigenvalue weighted by Crippen LogP contribution is -2.56. The van der Waals surface area contributed by atoms with Gasteiger partial charge in [-0.25, -0.2) is 9.97 Å². The van der Waals surface area contributed by atoms with E-state index >= 15 is 0 Å². The standard InChI is InChI=1S/C18H29BN4O5/c1-12-10-22(15(26)14(25)11-24)6-7-23(12)16-20-8-13(9-21-16)19-27-17(2,3)18(4,5)28-19/h8-9,12,14,24-25H,6-7,10-11H2,1-5H3/t12-,14-/m1/s1. The molecule has 2 fully saturated rings. The fourth-order valence-electron chi connectivity index (χ4n) is 3.32. The van der Waals surface area contributed by atoms with Crippen LogP contribution in [0.2, 0.25) is 0 Å². The van der Waals surface area contributed by atoms with Crippen molar-refractivity contribution in [3.63, 3.8) is 0 Å². The molecule has 2 saturated heterocycles. The van der Waals surface area contributed by atoms with Gasteiger partial charge in [-0.1, -0.05) is 0 Å². The first-order valence-electron chi connectivity index (χ1n) is 9.57. The number of aromatic nitrogens is 2. The van der Waals surface area contributed by atoms with Gasteiger partial charge in [0.25, 0.3) is 5.91 Å². The third kappa shape index (κ3) is 3.87. The first kappa shape index (κ1) is 21.0. The maximum Gasteiger partial charge on any atom is 0.498 e. The van der Waals surface area contributed by atoms with Crippen molar-refractivity contribution >= 4 is 24.4 Å². The fraction of sp³-hybridized carbons (Fsp3) is 0.722. The summed E-state index contributed by atoms with van der Waals surface area (Å²) in [6, 6.07) is -0.0220. The SMILES string of the molecule is C[C@@H]1CN(C(=O)[C@H](O)CO)CCN1c1ncc(B2OC(C)(C)C(C)(C)O2)cn1. The Labute approximate surface area is 165 Å². The molecule has 9 nitrogen and oxygen atoms in total. The molecule has 0 unspecified atom stereocenters. The minimum Gasteiger partial charge on any atom is -0.399 e. The molecule has 10 heteroatoms. The third-order valence-corrected chi connectivity index (χ3v) is 5.84.